The van der Waals surface area contributed by atoms with Gasteiger partial charge in [0.1, 0.15) is 11.8 Å². The highest BCUT2D eigenvalue weighted by molar-refractivity contribution is 6.04. The van der Waals surface area contributed by atoms with Gasteiger partial charge in [-0.25, -0.2) is 4.79 Å². The molecule has 1 heterocycles. The minimum absolute atomic E-state index is 0.186. The Labute approximate surface area is 139 Å². The lowest BCUT2D eigenvalue weighted by atomic mass is 10.1. The summed E-state index contributed by atoms with van der Waals surface area (Å²) in [6, 6.07) is 3.06. The minimum Gasteiger partial charge on any atom is -0.478 e. The monoisotopic (exact) mass is 336 g/mol. The van der Waals surface area contributed by atoms with Crippen molar-refractivity contribution in [2.75, 3.05) is 4.90 Å². The van der Waals surface area contributed by atoms with Crippen LogP contribution in [-0.2, 0) is 14.3 Å². The van der Waals surface area contributed by atoms with Crippen LogP contribution in [0.5, 0.6) is 5.75 Å². The van der Waals surface area contributed by atoms with E-state index in [4.69, 9.17) is 9.47 Å². The largest absolute Gasteiger partial charge is 0.478 e. The number of hydrogen-bond acceptors (Lipinski definition) is 6. The first-order chi connectivity index (χ1) is 11.3. The smallest absolute Gasteiger partial charge is 0.329 e. The van der Waals surface area contributed by atoms with Crippen molar-refractivity contribution in [1.82, 2.24) is 0 Å². The lowest BCUT2D eigenvalue weighted by Gasteiger charge is -2.36. The molecule has 2 atom stereocenters. The fourth-order valence-electron chi connectivity index (χ4n) is 2.48. The highest BCUT2D eigenvalue weighted by atomic mass is 16.6. The van der Waals surface area contributed by atoms with Gasteiger partial charge in [0.2, 0.25) is 0 Å². The molecule has 0 saturated carbocycles. The molecule has 0 bridgehead atoms. The van der Waals surface area contributed by atoms with Gasteiger partial charge >= 0.3 is 5.97 Å². The van der Waals surface area contributed by atoms with Gasteiger partial charge in [-0.05, 0) is 33.3 Å². The second-order valence-corrected chi connectivity index (χ2v) is 5.79. The Morgan fingerprint density at radius 1 is 1.42 bits per heavy atom. The first-order valence-corrected chi connectivity index (χ1v) is 7.74. The summed E-state index contributed by atoms with van der Waals surface area (Å²) < 4.78 is 10.8. The van der Waals surface area contributed by atoms with Gasteiger partial charge in [-0.2, -0.15) is 0 Å². The zero-order valence-corrected chi connectivity index (χ0v) is 14.0. The van der Waals surface area contributed by atoms with Gasteiger partial charge < -0.3 is 9.47 Å². The molecular weight excluding hydrogens is 316 g/mol. The van der Waals surface area contributed by atoms with E-state index in [-0.39, 0.29) is 17.5 Å². The van der Waals surface area contributed by atoms with Crippen LogP contribution in [0, 0.1) is 10.1 Å². The molecule has 2 rings (SSSR count). The Hall–Kier alpha value is -2.64. The van der Waals surface area contributed by atoms with Crippen LogP contribution in [0.25, 0.3) is 0 Å². The van der Waals surface area contributed by atoms with Crippen LogP contribution in [0.3, 0.4) is 0 Å². The van der Waals surface area contributed by atoms with Gasteiger partial charge in [-0.3, -0.25) is 19.8 Å². The van der Waals surface area contributed by atoms with Crippen LogP contribution in [0.1, 0.15) is 34.1 Å². The Balaban J connectivity index is 2.48. The lowest BCUT2D eigenvalue weighted by molar-refractivity contribution is -0.384. The van der Waals surface area contributed by atoms with Crippen molar-refractivity contribution in [2.45, 2.75) is 52.4 Å². The van der Waals surface area contributed by atoms with Gasteiger partial charge in [0.25, 0.3) is 11.6 Å². The van der Waals surface area contributed by atoms with E-state index < -0.39 is 28.9 Å². The standard InChI is InChI=1S/C16H20N2O6/c1-5-13-15(19)17(10(4)16(20)23-9(2)3)12-8-11(18(21)22)6-7-14(12)24-13/h6-10,13H,5H2,1-4H3. The summed E-state index contributed by atoms with van der Waals surface area (Å²) in [5.41, 5.74) is 0.0154. The number of nitro groups is 1. The van der Waals surface area contributed by atoms with E-state index >= 15 is 0 Å². The average molecular weight is 336 g/mol. The molecule has 0 fully saturated rings. The van der Waals surface area contributed by atoms with Crippen molar-refractivity contribution >= 4 is 23.3 Å². The normalized spacial score (nSPS) is 18.0. The molecule has 0 aromatic heterocycles. The van der Waals surface area contributed by atoms with Crippen LogP contribution in [-0.4, -0.2) is 35.0 Å². The average Bonchev–Trinajstić information content (AvgIpc) is 2.52. The fourth-order valence-corrected chi connectivity index (χ4v) is 2.48. The number of anilines is 1. The van der Waals surface area contributed by atoms with E-state index in [2.05, 4.69) is 0 Å². The molecule has 1 aromatic rings. The number of carbonyl (C=O) groups excluding carboxylic acids is 2. The third kappa shape index (κ3) is 3.32. The number of carbonyl (C=O) groups is 2. The molecule has 8 nitrogen and oxygen atoms in total. The van der Waals surface area contributed by atoms with Crippen molar-refractivity contribution < 1.29 is 24.0 Å². The molecule has 1 aliphatic rings. The third-order valence-corrected chi connectivity index (χ3v) is 3.65. The van der Waals surface area contributed by atoms with Crippen molar-refractivity contribution in [2.24, 2.45) is 0 Å². The van der Waals surface area contributed by atoms with Gasteiger partial charge in [0.05, 0.1) is 16.7 Å². The molecule has 1 aliphatic heterocycles. The van der Waals surface area contributed by atoms with Crippen LogP contribution < -0.4 is 9.64 Å². The molecule has 1 amide bonds. The molecule has 130 valence electrons. The maximum atomic E-state index is 12.7. The maximum absolute atomic E-state index is 12.7. The van der Waals surface area contributed by atoms with E-state index in [1.54, 1.807) is 20.8 Å². The van der Waals surface area contributed by atoms with Crippen LogP contribution in [0.2, 0.25) is 0 Å². The topological polar surface area (TPSA) is 99.0 Å². The second-order valence-electron chi connectivity index (χ2n) is 5.79. The number of nitrogens with zero attached hydrogens (tertiary/aromatic N) is 2. The summed E-state index contributed by atoms with van der Waals surface area (Å²) in [4.78, 5) is 36.6. The van der Waals surface area contributed by atoms with E-state index in [0.717, 1.165) is 0 Å². The number of rotatable bonds is 5. The van der Waals surface area contributed by atoms with Crippen LogP contribution in [0.15, 0.2) is 18.2 Å². The first-order valence-electron chi connectivity index (χ1n) is 7.74. The summed E-state index contributed by atoms with van der Waals surface area (Å²) in [7, 11) is 0. The Kier molecular flexibility index (Phi) is 5.06. The molecule has 24 heavy (non-hydrogen) atoms. The maximum Gasteiger partial charge on any atom is 0.329 e. The second kappa shape index (κ2) is 6.86. The van der Waals surface area contributed by atoms with Crippen LogP contribution >= 0.6 is 0 Å². The first kappa shape index (κ1) is 17.7. The van der Waals surface area contributed by atoms with E-state index in [9.17, 15) is 19.7 Å². The number of esters is 1. The Bertz CT molecular complexity index is 673. The molecule has 0 spiro atoms. The van der Waals surface area contributed by atoms with Crippen molar-refractivity contribution in [3.63, 3.8) is 0 Å². The zero-order chi connectivity index (χ0) is 18.0. The van der Waals surface area contributed by atoms with E-state index in [1.807, 2.05) is 0 Å². The number of hydrogen-bond donors (Lipinski definition) is 0. The quantitative estimate of drug-likeness (QED) is 0.465. The number of amides is 1. The lowest BCUT2D eigenvalue weighted by Crippen LogP contribution is -2.52. The molecule has 2 unspecified atom stereocenters. The summed E-state index contributed by atoms with van der Waals surface area (Å²) >= 11 is 0. The summed E-state index contributed by atoms with van der Waals surface area (Å²) in [5, 5.41) is 11.0. The fraction of sp³-hybridized carbons (Fsp3) is 0.500. The van der Waals surface area contributed by atoms with E-state index in [1.165, 1.54) is 30.0 Å². The number of benzene rings is 1. The number of fused-ring (bicyclic) bond motifs is 1. The van der Waals surface area contributed by atoms with Crippen molar-refractivity contribution in [1.29, 1.82) is 0 Å². The Morgan fingerprint density at radius 3 is 2.62 bits per heavy atom. The van der Waals surface area contributed by atoms with Crippen molar-refractivity contribution in [3.8, 4) is 5.75 Å². The van der Waals surface area contributed by atoms with Gasteiger partial charge in [-0.1, -0.05) is 6.92 Å². The zero-order valence-electron chi connectivity index (χ0n) is 14.0. The molecule has 0 N–H and O–H groups in total. The predicted molar refractivity (Wildman–Crippen MR) is 86.0 cm³/mol. The highest BCUT2D eigenvalue weighted by Gasteiger charge is 2.40. The predicted octanol–water partition coefficient (Wildman–Crippen LogP) is 2.44. The molecular formula is C16H20N2O6. The number of non-ortho nitro benzene ring substituents is 1. The minimum atomic E-state index is -0.918. The van der Waals surface area contributed by atoms with E-state index in [0.29, 0.717) is 12.2 Å². The molecule has 0 saturated heterocycles. The van der Waals surface area contributed by atoms with Gasteiger partial charge in [0, 0.05) is 12.1 Å². The van der Waals surface area contributed by atoms with Crippen molar-refractivity contribution in [3.05, 3.63) is 28.3 Å². The Morgan fingerprint density at radius 2 is 2.08 bits per heavy atom. The SMILES string of the molecule is CCC1Oc2ccc([N+](=O)[O-])cc2N(C(C)C(=O)OC(C)C)C1=O. The molecule has 8 heteroatoms. The summed E-state index contributed by atoms with van der Waals surface area (Å²) in [6.07, 6.45) is -0.659. The number of ether oxygens (including phenoxy) is 2. The van der Waals surface area contributed by atoms with Gasteiger partial charge in [0.15, 0.2) is 6.10 Å². The molecule has 0 radical (unpaired) electrons. The summed E-state index contributed by atoms with van der Waals surface area (Å²) in [5.74, 6) is -0.664. The highest BCUT2D eigenvalue weighted by Crippen LogP contribution is 2.38. The van der Waals surface area contributed by atoms with Gasteiger partial charge in [-0.15, -0.1) is 0 Å². The molecule has 0 aliphatic carbocycles. The molecule has 1 aromatic carbocycles. The number of nitro benzene ring substituents is 1. The van der Waals surface area contributed by atoms with Crippen LogP contribution in [0.4, 0.5) is 11.4 Å². The third-order valence-electron chi connectivity index (χ3n) is 3.65. The summed E-state index contributed by atoms with van der Waals surface area (Å²) in [6.45, 7) is 6.73.